The van der Waals surface area contributed by atoms with Gasteiger partial charge in [0.05, 0.1) is 6.54 Å². The van der Waals surface area contributed by atoms with E-state index in [1.165, 1.54) is 4.90 Å². The highest BCUT2D eigenvalue weighted by atomic mass is 16.6. The molecule has 1 N–H and O–H groups in total. The molecular formula is C13H16N2O4. The van der Waals surface area contributed by atoms with Crippen LogP contribution in [0.4, 0.5) is 9.59 Å². The minimum absolute atomic E-state index is 0.235. The Morgan fingerprint density at radius 3 is 2.84 bits per heavy atom. The maximum absolute atomic E-state index is 11.4. The van der Waals surface area contributed by atoms with Crippen molar-refractivity contribution in [3.8, 4) is 0 Å². The molecule has 1 aliphatic heterocycles. The van der Waals surface area contributed by atoms with E-state index in [9.17, 15) is 9.59 Å². The Hall–Kier alpha value is -2.24. The van der Waals surface area contributed by atoms with Crippen molar-refractivity contribution in [2.75, 3.05) is 26.2 Å². The van der Waals surface area contributed by atoms with Crippen LogP contribution in [0.15, 0.2) is 30.3 Å². The fourth-order valence-corrected chi connectivity index (χ4v) is 1.70. The van der Waals surface area contributed by atoms with Crippen LogP contribution in [0.25, 0.3) is 0 Å². The highest BCUT2D eigenvalue weighted by molar-refractivity contribution is 5.69. The van der Waals surface area contributed by atoms with E-state index in [1.807, 2.05) is 30.3 Å². The zero-order valence-electron chi connectivity index (χ0n) is 10.5. The standard InChI is InChI=1S/C13H16N2O4/c16-12(19-10-11-4-2-1-3-5-11)14-6-7-15-8-9-18-13(15)17/h1-5H,6-10H2,(H,14,16). The molecule has 102 valence electrons. The van der Waals surface area contributed by atoms with Gasteiger partial charge < -0.3 is 19.7 Å². The molecule has 0 spiro atoms. The first kappa shape index (κ1) is 13.2. The zero-order chi connectivity index (χ0) is 13.5. The molecule has 0 unspecified atom stereocenters. The average molecular weight is 264 g/mol. The summed E-state index contributed by atoms with van der Waals surface area (Å²) in [4.78, 5) is 24.1. The lowest BCUT2D eigenvalue weighted by atomic mass is 10.2. The quantitative estimate of drug-likeness (QED) is 0.872. The van der Waals surface area contributed by atoms with E-state index in [-0.39, 0.29) is 12.7 Å². The maximum atomic E-state index is 11.4. The molecule has 2 rings (SSSR count). The number of rotatable bonds is 5. The fraction of sp³-hybridized carbons (Fsp3) is 0.385. The molecule has 1 heterocycles. The van der Waals surface area contributed by atoms with Gasteiger partial charge in [-0.1, -0.05) is 30.3 Å². The molecule has 1 aromatic carbocycles. The van der Waals surface area contributed by atoms with Crippen LogP contribution in [0.1, 0.15) is 5.56 Å². The lowest BCUT2D eigenvalue weighted by molar-refractivity contribution is 0.137. The molecule has 19 heavy (non-hydrogen) atoms. The third kappa shape index (κ3) is 4.17. The van der Waals surface area contributed by atoms with Crippen LogP contribution in [0.2, 0.25) is 0 Å². The topological polar surface area (TPSA) is 67.9 Å². The summed E-state index contributed by atoms with van der Waals surface area (Å²) in [5.41, 5.74) is 0.931. The number of hydrogen-bond acceptors (Lipinski definition) is 4. The molecule has 0 aromatic heterocycles. The summed E-state index contributed by atoms with van der Waals surface area (Å²) in [5.74, 6) is 0. The Bertz CT molecular complexity index is 436. The van der Waals surface area contributed by atoms with Gasteiger partial charge in [-0.25, -0.2) is 9.59 Å². The number of amides is 2. The Labute approximate surface area is 111 Å². The van der Waals surface area contributed by atoms with Crippen molar-refractivity contribution in [3.63, 3.8) is 0 Å². The normalized spacial score (nSPS) is 14.1. The van der Waals surface area contributed by atoms with Crippen molar-refractivity contribution < 1.29 is 19.1 Å². The van der Waals surface area contributed by atoms with Gasteiger partial charge in [-0.2, -0.15) is 0 Å². The van der Waals surface area contributed by atoms with Gasteiger partial charge in [-0.05, 0) is 5.56 Å². The van der Waals surface area contributed by atoms with Crippen molar-refractivity contribution >= 4 is 12.2 Å². The second-order valence-corrected chi connectivity index (χ2v) is 4.09. The monoisotopic (exact) mass is 264 g/mol. The summed E-state index contributed by atoms with van der Waals surface area (Å²) in [7, 11) is 0. The molecule has 0 bridgehead atoms. The van der Waals surface area contributed by atoms with Crippen LogP contribution in [0.3, 0.4) is 0 Å². The highest BCUT2D eigenvalue weighted by Crippen LogP contribution is 2.02. The molecule has 0 radical (unpaired) electrons. The lowest BCUT2D eigenvalue weighted by Gasteiger charge is -2.12. The van der Waals surface area contributed by atoms with E-state index < -0.39 is 6.09 Å². The predicted molar refractivity (Wildman–Crippen MR) is 67.6 cm³/mol. The molecule has 1 aliphatic rings. The van der Waals surface area contributed by atoms with Gasteiger partial charge in [0.1, 0.15) is 13.2 Å². The molecule has 0 saturated carbocycles. The second kappa shape index (κ2) is 6.63. The number of nitrogens with zero attached hydrogens (tertiary/aromatic N) is 1. The van der Waals surface area contributed by atoms with Gasteiger partial charge in [-0.15, -0.1) is 0 Å². The summed E-state index contributed by atoms with van der Waals surface area (Å²) in [6.07, 6.45) is -0.823. The summed E-state index contributed by atoms with van der Waals surface area (Å²) in [6.45, 7) is 2.00. The van der Waals surface area contributed by atoms with Gasteiger partial charge >= 0.3 is 12.2 Å². The lowest BCUT2D eigenvalue weighted by Crippen LogP contribution is -2.35. The summed E-state index contributed by atoms with van der Waals surface area (Å²) >= 11 is 0. The Morgan fingerprint density at radius 1 is 1.37 bits per heavy atom. The zero-order valence-corrected chi connectivity index (χ0v) is 10.5. The number of ether oxygens (including phenoxy) is 2. The van der Waals surface area contributed by atoms with Crippen molar-refractivity contribution in [1.82, 2.24) is 10.2 Å². The van der Waals surface area contributed by atoms with Gasteiger partial charge in [0.2, 0.25) is 0 Å². The van der Waals surface area contributed by atoms with E-state index >= 15 is 0 Å². The van der Waals surface area contributed by atoms with Gasteiger partial charge in [0.25, 0.3) is 0 Å². The van der Waals surface area contributed by atoms with Crippen LogP contribution in [0.5, 0.6) is 0 Å². The van der Waals surface area contributed by atoms with E-state index in [0.717, 1.165) is 5.56 Å². The SMILES string of the molecule is O=C(NCCN1CCOC1=O)OCc1ccccc1. The van der Waals surface area contributed by atoms with E-state index in [0.29, 0.717) is 26.2 Å². The van der Waals surface area contributed by atoms with Gasteiger partial charge in [0.15, 0.2) is 0 Å². The molecule has 2 amide bonds. The average Bonchev–Trinajstić information content (AvgIpc) is 2.83. The molecule has 1 fully saturated rings. The van der Waals surface area contributed by atoms with Crippen molar-refractivity contribution in [2.45, 2.75) is 6.61 Å². The number of carbonyl (C=O) groups excluding carboxylic acids is 2. The Morgan fingerprint density at radius 2 is 2.16 bits per heavy atom. The first-order chi connectivity index (χ1) is 9.25. The van der Waals surface area contributed by atoms with Crippen LogP contribution in [0, 0.1) is 0 Å². The minimum atomic E-state index is -0.489. The van der Waals surface area contributed by atoms with Crippen LogP contribution >= 0.6 is 0 Å². The van der Waals surface area contributed by atoms with Gasteiger partial charge in [0, 0.05) is 13.1 Å². The van der Waals surface area contributed by atoms with Crippen LogP contribution < -0.4 is 5.32 Å². The Balaban J connectivity index is 1.61. The predicted octanol–water partition coefficient (Wildman–Crippen LogP) is 1.36. The molecular weight excluding hydrogens is 248 g/mol. The number of cyclic esters (lactones) is 1. The van der Waals surface area contributed by atoms with Crippen molar-refractivity contribution in [1.29, 1.82) is 0 Å². The van der Waals surface area contributed by atoms with Crippen molar-refractivity contribution in [3.05, 3.63) is 35.9 Å². The summed E-state index contributed by atoms with van der Waals surface area (Å²) in [5, 5.41) is 2.59. The summed E-state index contributed by atoms with van der Waals surface area (Å²) in [6, 6.07) is 9.44. The minimum Gasteiger partial charge on any atom is -0.448 e. The molecule has 1 aromatic rings. The first-order valence-electron chi connectivity index (χ1n) is 6.12. The number of hydrogen-bond donors (Lipinski definition) is 1. The summed E-state index contributed by atoms with van der Waals surface area (Å²) < 4.78 is 9.81. The molecule has 6 heteroatoms. The van der Waals surface area contributed by atoms with E-state index in [2.05, 4.69) is 5.32 Å². The molecule has 0 atom stereocenters. The van der Waals surface area contributed by atoms with Gasteiger partial charge in [-0.3, -0.25) is 0 Å². The Kier molecular flexibility index (Phi) is 4.60. The molecule has 1 saturated heterocycles. The smallest absolute Gasteiger partial charge is 0.409 e. The largest absolute Gasteiger partial charge is 0.448 e. The maximum Gasteiger partial charge on any atom is 0.409 e. The first-order valence-corrected chi connectivity index (χ1v) is 6.12. The van der Waals surface area contributed by atoms with E-state index in [1.54, 1.807) is 0 Å². The number of nitrogens with one attached hydrogen (secondary N) is 1. The van der Waals surface area contributed by atoms with Crippen molar-refractivity contribution in [2.24, 2.45) is 0 Å². The molecule has 6 nitrogen and oxygen atoms in total. The second-order valence-electron chi connectivity index (χ2n) is 4.09. The van der Waals surface area contributed by atoms with Crippen LogP contribution in [-0.4, -0.2) is 43.3 Å². The van der Waals surface area contributed by atoms with Crippen LogP contribution in [-0.2, 0) is 16.1 Å². The van der Waals surface area contributed by atoms with E-state index in [4.69, 9.17) is 9.47 Å². The number of carbonyl (C=O) groups is 2. The third-order valence-electron chi connectivity index (χ3n) is 2.71. The molecule has 0 aliphatic carbocycles. The highest BCUT2D eigenvalue weighted by Gasteiger charge is 2.21. The fourth-order valence-electron chi connectivity index (χ4n) is 1.70. The number of alkyl carbamates (subject to hydrolysis) is 1. The number of benzene rings is 1. The third-order valence-corrected chi connectivity index (χ3v) is 2.71.